The maximum atomic E-state index is 13.1. The summed E-state index contributed by atoms with van der Waals surface area (Å²) in [5, 5.41) is 0. The molecule has 7 heteroatoms. The van der Waals surface area contributed by atoms with Gasteiger partial charge in [-0.1, -0.05) is 0 Å². The second kappa shape index (κ2) is 6.76. The summed E-state index contributed by atoms with van der Waals surface area (Å²) in [6, 6.07) is 7.80. The fourth-order valence-electron chi connectivity index (χ4n) is 2.40. The van der Waals surface area contributed by atoms with Gasteiger partial charge in [-0.15, -0.1) is 0 Å². The van der Waals surface area contributed by atoms with E-state index in [2.05, 4.69) is 9.97 Å². The third-order valence-corrected chi connectivity index (χ3v) is 3.48. The van der Waals surface area contributed by atoms with Crippen molar-refractivity contribution in [1.29, 1.82) is 0 Å². The van der Waals surface area contributed by atoms with E-state index in [0.717, 1.165) is 11.3 Å². The molecule has 0 N–H and O–H groups in total. The van der Waals surface area contributed by atoms with Gasteiger partial charge in [-0.2, -0.15) is 0 Å². The second-order valence-electron chi connectivity index (χ2n) is 5.08. The Labute approximate surface area is 137 Å². The maximum absolute atomic E-state index is 13.1. The van der Waals surface area contributed by atoms with Gasteiger partial charge in [-0.3, -0.25) is 4.40 Å². The largest absolute Gasteiger partial charge is 0.461 e. The number of hydrogen-bond donors (Lipinski definition) is 0. The van der Waals surface area contributed by atoms with Crippen LogP contribution in [0.3, 0.4) is 0 Å². The molecule has 3 aromatic rings. The minimum absolute atomic E-state index is 0.137. The van der Waals surface area contributed by atoms with Gasteiger partial charge in [-0.25, -0.2) is 19.2 Å². The van der Waals surface area contributed by atoms with Crippen molar-refractivity contribution in [3.8, 4) is 11.3 Å². The highest BCUT2D eigenvalue weighted by atomic mass is 19.1. The number of nitrogens with zero attached hydrogens (tertiary/aromatic N) is 3. The first kappa shape index (κ1) is 16.1. The number of carbonyl (C=O) groups excluding carboxylic acids is 1. The van der Waals surface area contributed by atoms with Crippen molar-refractivity contribution in [1.82, 2.24) is 14.4 Å². The van der Waals surface area contributed by atoms with Crippen molar-refractivity contribution in [2.75, 3.05) is 13.7 Å². The highest BCUT2D eigenvalue weighted by molar-refractivity contribution is 5.94. The molecule has 0 aliphatic rings. The molecule has 0 aliphatic carbocycles. The van der Waals surface area contributed by atoms with Crippen LogP contribution in [0.2, 0.25) is 0 Å². The Balaban J connectivity index is 2.18. The summed E-state index contributed by atoms with van der Waals surface area (Å²) < 4.78 is 25.1. The van der Waals surface area contributed by atoms with E-state index in [9.17, 15) is 9.18 Å². The molecule has 0 spiro atoms. The molecule has 6 nitrogen and oxygen atoms in total. The normalized spacial score (nSPS) is 11.0. The number of benzene rings is 1. The Kier molecular flexibility index (Phi) is 4.52. The molecule has 0 bridgehead atoms. The van der Waals surface area contributed by atoms with E-state index < -0.39 is 5.97 Å². The Morgan fingerprint density at radius 1 is 1.29 bits per heavy atom. The fourth-order valence-corrected chi connectivity index (χ4v) is 2.40. The van der Waals surface area contributed by atoms with Crippen LogP contribution in [0, 0.1) is 5.82 Å². The smallest absolute Gasteiger partial charge is 0.360 e. The van der Waals surface area contributed by atoms with E-state index in [1.54, 1.807) is 30.6 Å². The summed E-state index contributed by atoms with van der Waals surface area (Å²) in [5.41, 5.74) is 2.61. The van der Waals surface area contributed by atoms with Gasteiger partial charge < -0.3 is 9.47 Å². The number of aromatic nitrogens is 3. The highest BCUT2D eigenvalue weighted by Crippen LogP contribution is 2.22. The average molecular weight is 329 g/mol. The first-order valence-corrected chi connectivity index (χ1v) is 7.43. The Bertz CT molecular complexity index is 875. The number of hydrogen-bond acceptors (Lipinski definition) is 5. The number of imidazole rings is 1. The number of ether oxygens (including phenoxy) is 2. The molecule has 0 radical (unpaired) electrons. The van der Waals surface area contributed by atoms with Crippen molar-refractivity contribution in [2.24, 2.45) is 0 Å². The maximum Gasteiger partial charge on any atom is 0.360 e. The lowest BCUT2D eigenvalue weighted by Crippen LogP contribution is -2.08. The Morgan fingerprint density at radius 3 is 2.71 bits per heavy atom. The lowest BCUT2D eigenvalue weighted by molar-refractivity contribution is 0.0522. The molecule has 3 rings (SSSR count). The summed E-state index contributed by atoms with van der Waals surface area (Å²) in [5.74, 6) is -0.861. The van der Waals surface area contributed by atoms with Crippen LogP contribution < -0.4 is 0 Å². The van der Waals surface area contributed by atoms with E-state index in [-0.39, 0.29) is 18.1 Å². The van der Waals surface area contributed by atoms with Crippen molar-refractivity contribution < 1.29 is 18.7 Å². The minimum Gasteiger partial charge on any atom is -0.461 e. The molecule has 0 amide bonds. The van der Waals surface area contributed by atoms with Crippen LogP contribution in [0.1, 0.15) is 23.1 Å². The zero-order valence-electron chi connectivity index (χ0n) is 13.3. The van der Waals surface area contributed by atoms with Gasteiger partial charge in [0.1, 0.15) is 12.1 Å². The second-order valence-corrected chi connectivity index (χ2v) is 5.08. The minimum atomic E-state index is -0.535. The molecule has 0 saturated carbocycles. The fraction of sp³-hybridized carbons (Fsp3) is 0.235. The molecular weight excluding hydrogens is 313 g/mol. The van der Waals surface area contributed by atoms with E-state index in [0.29, 0.717) is 17.9 Å². The third-order valence-electron chi connectivity index (χ3n) is 3.48. The summed E-state index contributed by atoms with van der Waals surface area (Å²) in [4.78, 5) is 20.7. The summed E-state index contributed by atoms with van der Waals surface area (Å²) in [6.45, 7) is 2.29. The molecular formula is C17H16FN3O3. The first-order valence-electron chi connectivity index (χ1n) is 7.43. The Hall–Kier alpha value is -2.80. The first-order chi connectivity index (χ1) is 11.6. The molecule has 24 heavy (non-hydrogen) atoms. The number of fused-ring (bicyclic) bond motifs is 1. The van der Waals surface area contributed by atoms with Crippen molar-refractivity contribution in [2.45, 2.75) is 13.5 Å². The van der Waals surface area contributed by atoms with Gasteiger partial charge in [0.05, 0.1) is 24.6 Å². The SMILES string of the molecule is CCOC(=O)c1ncn2c(COC)cc(-c3ccc(F)cc3)nc12. The molecule has 0 unspecified atom stereocenters. The van der Waals surface area contributed by atoms with Gasteiger partial charge >= 0.3 is 5.97 Å². The van der Waals surface area contributed by atoms with Crippen LogP contribution in [0.5, 0.6) is 0 Å². The van der Waals surface area contributed by atoms with Crippen LogP contribution >= 0.6 is 0 Å². The van der Waals surface area contributed by atoms with Gasteiger partial charge in [0, 0.05) is 12.7 Å². The van der Waals surface area contributed by atoms with E-state index in [1.807, 2.05) is 6.07 Å². The summed E-state index contributed by atoms with van der Waals surface area (Å²) >= 11 is 0. The summed E-state index contributed by atoms with van der Waals surface area (Å²) in [7, 11) is 1.58. The van der Waals surface area contributed by atoms with Crippen LogP contribution in [0.25, 0.3) is 16.9 Å². The van der Waals surface area contributed by atoms with Crippen molar-refractivity contribution >= 4 is 11.6 Å². The molecule has 0 aliphatic heterocycles. The lowest BCUT2D eigenvalue weighted by Gasteiger charge is -2.09. The standard InChI is InChI=1S/C17H16FN3O3/c1-3-24-17(22)15-16-20-14(11-4-6-12(18)7-5-11)8-13(9-23-2)21(16)10-19-15/h4-8,10H,3,9H2,1-2H3. The van der Waals surface area contributed by atoms with Gasteiger partial charge in [0.15, 0.2) is 11.3 Å². The van der Waals surface area contributed by atoms with Crippen LogP contribution in [0.4, 0.5) is 4.39 Å². The van der Waals surface area contributed by atoms with Gasteiger partial charge in [0.25, 0.3) is 0 Å². The molecule has 0 fully saturated rings. The van der Waals surface area contributed by atoms with Gasteiger partial charge in [-0.05, 0) is 37.3 Å². The highest BCUT2D eigenvalue weighted by Gasteiger charge is 2.19. The number of rotatable bonds is 5. The molecule has 1 aromatic carbocycles. The topological polar surface area (TPSA) is 65.7 Å². The van der Waals surface area contributed by atoms with Crippen molar-refractivity contribution in [3.05, 3.63) is 53.9 Å². The van der Waals surface area contributed by atoms with Gasteiger partial charge in [0.2, 0.25) is 0 Å². The van der Waals surface area contributed by atoms with E-state index in [4.69, 9.17) is 9.47 Å². The lowest BCUT2D eigenvalue weighted by atomic mass is 10.1. The molecule has 2 aromatic heterocycles. The quantitative estimate of drug-likeness (QED) is 0.674. The Morgan fingerprint density at radius 2 is 2.04 bits per heavy atom. The number of carbonyl (C=O) groups is 1. The molecule has 0 saturated heterocycles. The predicted octanol–water partition coefficient (Wildman–Crippen LogP) is 2.86. The zero-order valence-corrected chi connectivity index (χ0v) is 13.3. The van der Waals surface area contributed by atoms with E-state index >= 15 is 0 Å². The van der Waals surface area contributed by atoms with Crippen LogP contribution in [-0.2, 0) is 16.1 Å². The van der Waals surface area contributed by atoms with E-state index in [1.165, 1.54) is 18.5 Å². The number of methoxy groups -OCH3 is 1. The summed E-state index contributed by atoms with van der Waals surface area (Å²) in [6.07, 6.45) is 1.51. The monoisotopic (exact) mass is 329 g/mol. The van der Waals surface area contributed by atoms with Crippen LogP contribution in [-0.4, -0.2) is 34.1 Å². The predicted molar refractivity (Wildman–Crippen MR) is 85.1 cm³/mol. The molecule has 0 atom stereocenters. The third kappa shape index (κ3) is 2.98. The average Bonchev–Trinajstić information content (AvgIpc) is 3.00. The van der Waals surface area contributed by atoms with Crippen LogP contribution in [0.15, 0.2) is 36.7 Å². The zero-order chi connectivity index (χ0) is 17.1. The molecule has 124 valence electrons. The number of esters is 1. The number of halogens is 1. The molecule has 2 heterocycles. The van der Waals surface area contributed by atoms with Crippen molar-refractivity contribution in [3.63, 3.8) is 0 Å².